The van der Waals surface area contributed by atoms with Gasteiger partial charge >= 0.3 is 5.97 Å². The zero-order chi connectivity index (χ0) is 14.6. The number of rotatable bonds is 4. The molecule has 0 heterocycles. The van der Waals surface area contributed by atoms with Crippen LogP contribution in [0.2, 0.25) is 5.02 Å². The van der Waals surface area contributed by atoms with E-state index in [-0.39, 0.29) is 29.4 Å². The monoisotopic (exact) mass is 285 g/mol. The first-order chi connectivity index (χ1) is 8.69. The number of carbonyl (C=O) groups excluding carboxylic acids is 1. The molecule has 0 unspecified atom stereocenters. The summed E-state index contributed by atoms with van der Waals surface area (Å²) in [4.78, 5) is 22.6. The molecule has 2 N–H and O–H groups in total. The minimum Gasteiger partial charge on any atom is -0.483 e. The molecule has 0 saturated heterocycles. The topological polar surface area (TPSA) is 75.6 Å². The molecular formula is C13H16ClNO4. The first-order valence-electron chi connectivity index (χ1n) is 5.66. The summed E-state index contributed by atoms with van der Waals surface area (Å²) in [6.07, 6.45) is 0. The second-order valence-corrected chi connectivity index (χ2v) is 5.47. The Morgan fingerprint density at radius 3 is 2.53 bits per heavy atom. The molecule has 1 aromatic carbocycles. The maximum atomic E-state index is 11.6. The zero-order valence-electron chi connectivity index (χ0n) is 11.0. The average Bonchev–Trinajstić information content (AvgIpc) is 2.24. The van der Waals surface area contributed by atoms with Crippen molar-refractivity contribution in [3.8, 4) is 5.75 Å². The Bertz CT molecular complexity index is 494. The largest absolute Gasteiger partial charge is 0.483 e. The molecule has 0 radical (unpaired) electrons. The summed E-state index contributed by atoms with van der Waals surface area (Å²) in [6, 6.07) is 4.21. The highest BCUT2D eigenvalue weighted by Gasteiger charge is 2.16. The van der Waals surface area contributed by atoms with Gasteiger partial charge in [0.05, 0.1) is 0 Å². The highest BCUT2D eigenvalue weighted by molar-refractivity contribution is 6.31. The van der Waals surface area contributed by atoms with Gasteiger partial charge in [0.15, 0.2) is 6.61 Å². The van der Waals surface area contributed by atoms with Crippen LogP contribution in [-0.2, 0) is 4.79 Å². The van der Waals surface area contributed by atoms with Crippen LogP contribution >= 0.6 is 11.6 Å². The van der Waals surface area contributed by atoms with E-state index in [4.69, 9.17) is 21.4 Å². The van der Waals surface area contributed by atoms with Gasteiger partial charge in [-0.25, -0.2) is 4.79 Å². The van der Waals surface area contributed by atoms with Crippen molar-refractivity contribution in [1.82, 2.24) is 5.32 Å². The van der Waals surface area contributed by atoms with E-state index in [0.29, 0.717) is 5.02 Å². The molecule has 0 aliphatic rings. The van der Waals surface area contributed by atoms with Crippen LogP contribution in [0.15, 0.2) is 18.2 Å². The molecule has 6 heteroatoms. The smallest absolute Gasteiger partial charge is 0.339 e. The van der Waals surface area contributed by atoms with Gasteiger partial charge in [0, 0.05) is 10.6 Å². The highest BCUT2D eigenvalue weighted by Crippen LogP contribution is 2.22. The maximum absolute atomic E-state index is 11.6. The number of nitrogens with one attached hydrogen (secondary N) is 1. The molecule has 0 aliphatic carbocycles. The van der Waals surface area contributed by atoms with Crippen LogP contribution in [0.25, 0.3) is 0 Å². The van der Waals surface area contributed by atoms with Crippen molar-refractivity contribution in [3.05, 3.63) is 28.8 Å². The molecule has 1 rings (SSSR count). The van der Waals surface area contributed by atoms with Crippen LogP contribution in [0.4, 0.5) is 0 Å². The van der Waals surface area contributed by atoms with Gasteiger partial charge in [0.25, 0.3) is 5.91 Å². The first-order valence-corrected chi connectivity index (χ1v) is 6.03. The maximum Gasteiger partial charge on any atom is 0.339 e. The number of carboxylic acid groups (broad SMARTS) is 1. The number of hydrogen-bond acceptors (Lipinski definition) is 3. The quantitative estimate of drug-likeness (QED) is 0.890. The Morgan fingerprint density at radius 1 is 1.37 bits per heavy atom. The van der Waals surface area contributed by atoms with Crippen LogP contribution < -0.4 is 10.1 Å². The Morgan fingerprint density at radius 2 is 2.00 bits per heavy atom. The number of benzene rings is 1. The van der Waals surface area contributed by atoms with Crippen molar-refractivity contribution in [2.24, 2.45) is 0 Å². The van der Waals surface area contributed by atoms with E-state index >= 15 is 0 Å². The fourth-order valence-corrected chi connectivity index (χ4v) is 1.56. The standard InChI is InChI=1S/C13H16ClNO4/c1-13(2,3)15-11(16)7-19-10-5-4-8(14)6-9(10)12(17)18/h4-6H,7H2,1-3H3,(H,15,16)(H,17,18). The van der Waals surface area contributed by atoms with Gasteiger partial charge in [-0.05, 0) is 39.0 Å². The van der Waals surface area contributed by atoms with Crippen molar-refractivity contribution < 1.29 is 19.4 Å². The van der Waals surface area contributed by atoms with Crippen LogP contribution in [0, 0.1) is 0 Å². The summed E-state index contributed by atoms with van der Waals surface area (Å²) in [7, 11) is 0. The molecule has 0 aliphatic heterocycles. The van der Waals surface area contributed by atoms with Crippen molar-refractivity contribution >= 4 is 23.5 Å². The molecule has 1 amide bonds. The van der Waals surface area contributed by atoms with E-state index in [2.05, 4.69) is 5.32 Å². The Hall–Kier alpha value is -1.75. The SMILES string of the molecule is CC(C)(C)NC(=O)COc1ccc(Cl)cc1C(=O)O. The predicted octanol–water partition coefficient (Wildman–Crippen LogP) is 2.33. The Labute approximate surface area is 116 Å². The van der Waals surface area contributed by atoms with Crippen molar-refractivity contribution in [2.75, 3.05) is 6.61 Å². The second kappa shape index (κ2) is 5.93. The molecule has 104 valence electrons. The number of halogens is 1. The first kappa shape index (κ1) is 15.3. The van der Waals surface area contributed by atoms with Crippen molar-refractivity contribution in [3.63, 3.8) is 0 Å². The summed E-state index contributed by atoms with van der Waals surface area (Å²) < 4.78 is 5.21. The zero-order valence-corrected chi connectivity index (χ0v) is 11.7. The number of amides is 1. The third-order valence-corrected chi connectivity index (χ3v) is 2.28. The van der Waals surface area contributed by atoms with E-state index < -0.39 is 5.97 Å². The molecule has 0 atom stereocenters. The van der Waals surface area contributed by atoms with Crippen LogP contribution in [0.5, 0.6) is 5.75 Å². The Kier molecular flexibility index (Phi) is 4.78. The molecule has 0 spiro atoms. The van der Waals surface area contributed by atoms with Gasteiger partial charge in [-0.15, -0.1) is 0 Å². The second-order valence-electron chi connectivity index (χ2n) is 5.03. The molecule has 0 fully saturated rings. The van der Waals surface area contributed by atoms with Crippen LogP contribution in [-0.4, -0.2) is 29.1 Å². The summed E-state index contributed by atoms with van der Waals surface area (Å²) in [5.74, 6) is -1.37. The van der Waals surface area contributed by atoms with Crippen molar-refractivity contribution in [1.29, 1.82) is 0 Å². The third-order valence-electron chi connectivity index (χ3n) is 2.05. The summed E-state index contributed by atoms with van der Waals surface area (Å²) in [5.41, 5.74) is -0.438. The van der Waals surface area contributed by atoms with E-state index in [0.717, 1.165) is 0 Å². The van der Waals surface area contributed by atoms with Crippen LogP contribution in [0.3, 0.4) is 0 Å². The van der Waals surface area contributed by atoms with E-state index in [1.807, 2.05) is 20.8 Å². The number of carbonyl (C=O) groups is 2. The molecule has 5 nitrogen and oxygen atoms in total. The number of hydrogen-bond donors (Lipinski definition) is 2. The summed E-state index contributed by atoms with van der Waals surface area (Å²) >= 11 is 5.71. The highest BCUT2D eigenvalue weighted by atomic mass is 35.5. The lowest BCUT2D eigenvalue weighted by atomic mass is 10.1. The predicted molar refractivity (Wildman–Crippen MR) is 71.8 cm³/mol. The normalized spacial score (nSPS) is 10.9. The molecule has 1 aromatic rings. The third kappa shape index (κ3) is 5.18. The fraction of sp³-hybridized carbons (Fsp3) is 0.385. The summed E-state index contributed by atoms with van der Waals surface area (Å²) in [6.45, 7) is 5.28. The Balaban J connectivity index is 2.73. The van der Waals surface area contributed by atoms with Gasteiger partial charge < -0.3 is 15.2 Å². The molecule has 19 heavy (non-hydrogen) atoms. The van der Waals surface area contributed by atoms with Crippen molar-refractivity contribution in [2.45, 2.75) is 26.3 Å². The molecular weight excluding hydrogens is 270 g/mol. The van der Waals surface area contributed by atoms with Gasteiger partial charge in [0.1, 0.15) is 11.3 Å². The average molecular weight is 286 g/mol. The number of ether oxygens (including phenoxy) is 1. The molecule has 0 bridgehead atoms. The number of aromatic carboxylic acids is 1. The lowest BCUT2D eigenvalue weighted by Gasteiger charge is -2.20. The van der Waals surface area contributed by atoms with Gasteiger partial charge in [-0.1, -0.05) is 11.6 Å². The minimum atomic E-state index is -1.16. The van der Waals surface area contributed by atoms with E-state index in [1.54, 1.807) is 0 Å². The van der Waals surface area contributed by atoms with Gasteiger partial charge in [0.2, 0.25) is 0 Å². The number of carboxylic acids is 1. The lowest BCUT2D eigenvalue weighted by Crippen LogP contribution is -2.43. The van der Waals surface area contributed by atoms with Crippen LogP contribution in [0.1, 0.15) is 31.1 Å². The molecule has 0 aromatic heterocycles. The summed E-state index contributed by atoms with van der Waals surface area (Å²) in [5, 5.41) is 12.0. The van der Waals surface area contributed by atoms with E-state index in [1.165, 1.54) is 18.2 Å². The fourth-order valence-electron chi connectivity index (χ4n) is 1.39. The molecule has 0 saturated carbocycles. The lowest BCUT2D eigenvalue weighted by molar-refractivity contribution is -0.124. The minimum absolute atomic E-state index is 0.0731. The van der Waals surface area contributed by atoms with Gasteiger partial charge in [-0.2, -0.15) is 0 Å². The van der Waals surface area contributed by atoms with E-state index in [9.17, 15) is 9.59 Å². The van der Waals surface area contributed by atoms with Gasteiger partial charge in [-0.3, -0.25) is 4.79 Å².